The van der Waals surface area contributed by atoms with Crippen molar-refractivity contribution in [1.82, 2.24) is 29.6 Å². The number of hydrogen-bond acceptors (Lipinski definition) is 7. The number of nitrogens with zero attached hydrogens (tertiary/aromatic N) is 6. The lowest BCUT2D eigenvalue weighted by molar-refractivity contribution is 0.0336. The van der Waals surface area contributed by atoms with Crippen LogP contribution in [0.2, 0.25) is 0 Å². The molecule has 1 N–H and O–H groups in total. The van der Waals surface area contributed by atoms with Crippen LogP contribution >= 0.6 is 0 Å². The van der Waals surface area contributed by atoms with Crippen LogP contribution in [0.3, 0.4) is 0 Å². The van der Waals surface area contributed by atoms with E-state index in [1.807, 2.05) is 41.1 Å². The lowest BCUT2D eigenvalue weighted by Crippen LogP contribution is -2.35. The zero-order valence-electron chi connectivity index (χ0n) is 26.2. The number of rotatable bonds is 9. The van der Waals surface area contributed by atoms with E-state index in [4.69, 9.17) is 9.84 Å². The summed E-state index contributed by atoms with van der Waals surface area (Å²) in [6.45, 7) is 16.8. The van der Waals surface area contributed by atoms with Crippen LogP contribution in [0.5, 0.6) is 0 Å². The van der Waals surface area contributed by atoms with Crippen molar-refractivity contribution in [3.63, 3.8) is 0 Å². The monoisotopic (exact) mass is 581 g/mol. The number of pyridine rings is 1. The van der Waals surface area contributed by atoms with Crippen LogP contribution in [-0.4, -0.2) is 61.8 Å². The summed E-state index contributed by atoms with van der Waals surface area (Å²) in [5, 5.41) is 8.08. The van der Waals surface area contributed by atoms with Gasteiger partial charge >= 0.3 is 0 Å². The van der Waals surface area contributed by atoms with Crippen molar-refractivity contribution < 1.29 is 9.53 Å². The molecule has 1 fully saturated rings. The van der Waals surface area contributed by atoms with E-state index in [0.717, 1.165) is 84.7 Å². The summed E-state index contributed by atoms with van der Waals surface area (Å²) in [6, 6.07) is 13.8. The number of hydrogen-bond donors (Lipinski definition) is 1. The molecule has 0 unspecified atom stereocenters. The summed E-state index contributed by atoms with van der Waals surface area (Å²) in [6.07, 6.45) is 4.85. The quantitative estimate of drug-likeness (QED) is 0.277. The minimum atomic E-state index is -0.150. The molecule has 0 spiro atoms. The highest BCUT2D eigenvalue weighted by Crippen LogP contribution is 2.24. The van der Waals surface area contributed by atoms with Crippen molar-refractivity contribution >= 4 is 11.6 Å². The Morgan fingerprint density at radius 1 is 1.00 bits per heavy atom. The minimum absolute atomic E-state index is 0.111. The second-order valence-corrected chi connectivity index (χ2v) is 12.8. The predicted octanol–water partition coefficient (Wildman–Crippen LogP) is 5.54. The van der Waals surface area contributed by atoms with E-state index < -0.39 is 0 Å². The molecule has 226 valence electrons. The first-order chi connectivity index (χ1) is 20.5. The average molecular weight is 582 g/mol. The molecule has 9 nitrogen and oxygen atoms in total. The largest absolute Gasteiger partial charge is 0.379 e. The second-order valence-electron chi connectivity index (χ2n) is 12.8. The number of nitrogens with one attached hydrogen (secondary N) is 1. The van der Waals surface area contributed by atoms with Gasteiger partial charge in [-0.3, -0.25) is 14.7 Å². The maximum atomic E-state index is 13.3. The highest BCUT2D eigenvalue weighted by molar-refractivity contribution is 6.04. The Morgan fingerprint density at radius 3 is 2.53 bits per heavy atom. The van der Waals surface area contributed by atoms with Crippen molar-refractivity contribution in [2.75, 3.05) is 31.6 Å². The Morgan fingerprint density at radius 2 is 1.79 bits per heavy atom. The van der Waals surface area contributed by atoms with Crippen molar-refractivity contribution in [2.24, 2.45) is 5.92 Å². The van der Waals surface area contributed by atoms with Gasteiger partial charge in [0, 0.05) is 66.4 Å². The van der Waals surface area contributed by atoms with E-state index >= 15 is 0 Å². The zero-order valence-corrected chi connectivity index (χ0v) is 26.2. The first kappa shape index (κ1) is 30.5. The number of aryl methyl sites for hydroxylation is 1. The maximum Gasteiger partial charge on any atom is 0.255 e. The molecular formula is C34H43N7O2. The molecule has 1 aliphatic rings. The second kappa shape index (κ2) is 13.1. The Balaban J connectivity index is 1.43. The zero-order chi connectivity index (χ0) is 30.6. The van der Waals surface area contributed by atoms with E-state index in [1.54, 1.807) is 12.5 Å². The molecule has 5 rings (SSSR count). The van der Waals surface area contributed by atoms with E-state index in [0.29, 0.717) is 17.9 Å². The molecule has 1 aliphatic heterocycles. The van der Waals surface area contributed by atoms with Crippen molar-refractivity contribution in [1.29, 1.82) is 0 Å². The lowest BCUT2D eigenvalue weighted by atomic mass is 9.91. The number of amides is 1. The Labute approximate surface area is 254 Å². The standard InChI is InChI=1S/C34H43N7O2/c1-23(2)15-28-20-32(37-22-36-28)41-30(18-29(39-41)21-40-11-13-43-14-12-40)17-26-16-25(8-7-24(26)3)33(42)38-27-9-10-35-31(19-27)34(4,5)6/h7-10,16,18-20,22-23H,11-15,17,21H2,1-6H3,(H,35,38,42). The fraction of sp³-hybridized carbons (Fsp3) is 0.441. The van der Waals surface area contributed by atoms with Crippen LogP contribution in [0.15, 0.2) is 55.0 Å². The number of carbonyl (C=O) groups excluding carboxylic acids is 1. The Hall–Kier alpha value is -3.95. The summed E-state index contributed by atoms with van der Waals surface area (Å²) in [4.78, 5) is 29.3. The molecule has 4 aromatic rings. The molecule has 43 heavy (non-hydrogen) atoms. The van der Waals surface area contributed by atoms with E-state index in [2.05, 4.69) is 72.8 Å². The van der Waals surface area contributed by atoms with Crippen LogP contribution in [0.25, 0.3) is 5.82 Å². The van der Waals surface area contributed by atoms with Crippen molar-refractivity contribution in [3.05, 3.63) is 94.5 Å². The number of aromatic nitrogens is 5. The number of morpholine rings is 1. The van der Waals surface area contributed by atoms with Crippen LogP contribution in [0, 0.1) is 12.8 Å². The third kappa shape index (κ3) is 7.91. The molecule has 0 saturated carbocycles. The average Bonchev–Trinajstić information content (AvgIpc) is 3.36. The summed E-state index contributed by atoms with van der Waals surface area (Å²) >= 11 is 0. The number of benzene rings is 1. The summed E-state index contributed by atoms with van der Waals surface area (Å²) in [5.41, 5.74) is 7.33. The number of carbonyl (C=O) groups is 1. The highest BCUT2D eigenvalue weighted by Gasteiger charge is 2.19. The molecule has 0 radical (unpaired) electrons. The SMILES string of the molecule is Cc1ccc(C(=O)Nc2ccnc(C(C)(C)C)c2)cc1Cc1cc(CN2CCOCC2)nn1-c1cc(CC(C)C)ncn1. The van der Waals surface area contributed by atoms with Gasteiger partial charge in [-0.2, -0.15) is 5.10 Å². The molecule has 1 saturated heterocycles. The molecule has 9 heteroatoms. The van der Waals surface area contributed by atoms with Gasteiger partial charge < -0.3 is 10.1 Å². The van der Waals surface area contributed by atoms with Crippen LogP contribution in [0.4, 0.5) is 5.69 Å². The lowest BCUT2D eigenvalue weighted by Gasteiger charge is -2.25. The summed E-state index contributed by atoms with van der Waals surface area (Å²) < 4.78 is 7.48. The van der Waals surface area contributed by atoms with Crippen molar-refractivity contribution in [2.45, 2.75) is 66.3 Å². The van der Waals surface area contributed by atoms with Gasteiger partial charge in [-0.15, -0.1) is 0 Å². The van der Waals surface area contributed by atoms with E-state index in [1.165, 1.54) is 0 Å². The topological polar surface area (TPSA) is 98.1 Å². The van der Waals surface area contributed by atoms with Gasteiger partial charge in [0.25, 0.3) is 5.91 Å². The van der Waals surface area contributed by atoms with Crippen molar-refractivity contribution in [3.8, 4) is 5.82 Å². The Kier molecular flexibility index (Phi) is 9.32. The van der Waals surface area contributed by atoms with E-state index in [-0.39, 0.29) is 11.3 Å². The molecule has 0 bridgehead atoms. The van der Waals surface area contributed by atoms with Gasteiger partial charge in [0.1, 0.15) is 6.33 Å². The summed E-state index contributed by atoms with van der Waals surface area (Å²) in [7, 11) is 0. The first-order valence-electron chi connectivity index (χ1n) is 15.1. The minimum Gasteiger partial charge on any atom is -0.379 e. The Bertz CT molecular complexity index is 1570. The van der Waals surface area contributed by atoms with Crippen LogP contribution < -0.4 is 5.32 Å². The van der Waals surface area contributed by atoms with Crippen LogP contribution in [-0.2, 0) is 29.5 Å². The molecular weight excluding hydrogens is 538 g/mol. The highest BCUT2D eigenvalue weighted by atomic mass is 16.5. The molecule has 1 amide bonds. The smallest absolute Gasteiger partial charge is 0.255 e. The number of ether oxygens (including phenoxy) is 1. The predicted molar refractivity (Wildman–Crippen MR) is 169 cm³/mol. The normalized spacial score (nSPS) is 14.3. The maximum absolute atomic E-state index is 13.3. The third-order valence-corrected chi connectivity index (χ3v) is 7.64. The molecule has 0 aliphatic carbocycles. The van der Waals surface area contributed by atoms with Gasteiger partial charge in [-0.25, -0.2) is 14.6 Å². The first-order valence-corrected chi connectivity index (χ1v) is 15.1. The van der Waals surface area contributed by atoms with Gasteiger partial charge in [0.05, 0.1) is 24.6 Å². The summed E-state index contributed by atoms with van der Waals surface area (Å²) in [5.74, 6) is 1.09. The van der Waals surface area contributed by atoms with Gasteiger partial charge in [0.15, 0.2) is 5.82 Å². The van der Waals surface area contributed by atoms with Gasteiger partial charge in [-0.05, 0) is 60.7 Å². The van der Waals surface area contributed by atoms with Gasteiger partial charge in [-0.1, -0.05) is 40.7 Å². The fourth-order valence-corrected chi connectivity index (χ4v) is 5.22. The van der Waals surface area contributed by atoms with Gasteiger partial charge in [0.2, 0.25) is 0 Å². The molecule has 4 heterocycles. The van der Waals surface area contributed by atoms with Crippen LogP contribution in [0.1, 0.15) is 78.9 Å². The van der Waals surface area contributed by atoms with E-state index in [9.17, 15) is 4.79 Å². The molecule has 3 aromatic heterocycles. The molecule has 0 atom stereocenters. The fourth-order valence-electron chi connectivity index (χ4n) is 5.22. The number of anilines is 1. The molecule has 1 aromatic carbocycles. The third-order valence-electron chi connectivity index (χ3n) is 7.64.